The van der Waals surface area contributed by atoms with E-state index in [1.165, 1.54) is 26.9 Å². The van der Waals surface area contributed by atoms with E-state index in [0.717, 1.165) is 55.1 Å². The van der Waals surface area contributed by atoms with Gasteiger partial charge in [-0.2, -0.15) is 0 Å². The highest BCUT2D eigenvalue weighted by atomic mass is 16.3. The average Bonchev–Trinajstić information content (AvgIpc) is 3.55. The first-order valence-electron chi connectivity index (χ1n) is 16.4. The van der Waals surface area contributed by atoms with E-state index in [2.05, 4.69) is 127 Å². The van der Waals surface area contributed by atoms with Gasteiger partial charge in [-0.1, -0.05) is 127 Å². The molecule has 0 amide bonds. The summed E-state index contributed by atoms with van der Waals surface area (Å²) in [4.78, 5) is 15.3. The van der Waals surface area contributed by atoms with Crippen molar-refractivity contribution >= 4 is 54.3 Å². The number of benzene rings is 8. The standard InChI is InChI=1S/C45H27N3O/c1-2-9-28(10-3-1)30-12-8-13-32(25-30)43-46-44(48-45(47-43)34-20-24-42-40(27-34)39-15-6-7-16-41(39)49-42)33-19-21-36-31(26-33)18-23-37-35-14-5-4-11-29(35)17-22-38(36)37/h1-27H. The molecular weight excluding hydrogens is 599 g/mol. The molecule has 0 aliphatic carbocycles. The summed E-state index contributed by atoms with van der Waals surface area (Å²) in [5, 5.41) is 9.44. The van der Waals surface area contributed by atoms with Crippen LogP contribution in [0.25, 0.3) is 99.5 Å². The van der Waals surface area contributed by atoms with Gasteiger partial charge in [-0.25, -0.2) is 15.0 Å². The molecule has 2 aromatic heterocycles. The summed E-state index contributed by atoms with van der Waals surface area (Å²) in [5.41, 5.74) is 6.72. The molecule has 0 bridgehead atoms. The van der Waals surface area contributed by atoms with E-state index in [1.807, 2.05) is 36.4 Å². The molecule has 4 nitrogen and oxygen atoms in total. The van der Waals surface area contributed by atoms with Gasteiger partial charge in [0.15, 0.2) is 17.5 Å². The SMILES string of the molecule is c1ccc(-c2cccc(-c3nc(-c4ccc5c(ccc6c7ccccc7ccc56)c4)nc(-c4ccc5oc6ccccc6c5c4)n3)c2)cc1. The summed E-state index contributed by atoms with van der Waals surface area (Å²) in [6.07, 6.45) is 0. The summed E-state index contributed by atoms with van der Waals surface area (Å²) in [7, 11) is 0. The van der Waals surface area contributed by atoms with Crippen molar-refractivity contribution in [3.63, 3.8) is 0 Å². The lowest BCUT2D eigenvalue weighted by Gasteiger charge is -2.11. The third kappa shape index (κ3) is 4.65. The van der Waals surface area contributed by atoms with Crippen molar-refractivity contribution in [2.75, 3.05) is 0 Å². The Hall–Kier alpha value is -6.65. The van der Waals surface area contributed by atoms with Crippen molar-refractivity contribution < 1.29 is 4.42 Å². The Kier molecular flexibility index (Phi) is 6.15. The molecule has 0 saturated carbocycles. The molecule has 0 atom stereocenters. The molecule has 228 valence electrons. The van der Waals surface area contributed by atoms with Crippen LogP contribution in [-0.2, 0) is 0 Å². The van der Waals surface area contributed by atoms with Gasteiger partial charge in [0.2, 0.25) is 0 Å². The molecule has 49 heavy (non-hydrogen) atoms. The summed E-state index contributed by atoms with van der Waals surface area (Å²) in [6, 6.07) is 57.0. The first-order valence-corrected chi connectivity index (χ1v) is 16.4. The van der Waals surface area contributed by atoms with Crippen molar-refractivity contribution in [3.8, 4) is 45.3 Å². The maximum Gasteiger partial charge on any atom is 0.164 e. The third-order valence-electron chi connectivity index (χ3n) is 9.50. The summed E-state index contributed by atoms with van der Waals surface area (Å²) in [5.74, 6) is 1.87. The lowest BCUT2D eigenvalue weighted by molar-refractivity contribution is 0.669. The number of nitrogens with zero attached hydrogens (tertiary/aromatic N) is 3. The first kappa shape index (κ1) is 27.5. The Labute approximate surface area is 282 Å². The molecule has 4 heteroatoms. The quantitative estimate of drug-likeness (QED) is 0.183. The van der Waals surface area contributed by atoms with Crippen molar-refractivity contribution in [2.45, 2.75) is 0 Å². The first-order chi connectivity index (χ1) is 24.2. The van der Waals surface area contributed by atoms with Gasteiger partial charge in [-0.3, -0.25) is 0 Å². The fourth-order valence-electron chi connectivity index (χ4n) is 7.06. The molecule has 0 saturated heterocycles. The molecule has 0 unspecified atom stereocenters. The Morgan fingerprint density at radius 1 is 0.286 bits per heavy atom. The lowest BCUT2D eigenvalue weighted by atomic mass is 9.96. The second-order valence-corrected chi connectivity index (χ2v) is 12.4. The molecule has 0 aliphatic heterocycles. The molecule has 8 aromatic carbocycles. The average molecular weight is 626 g/mol. The van der Waals surface area contributed by atoms with Crippen molar-refractivity contribution in [1.29, 1.82) is 0 Å². The van der Waals surface area contributed by atoms with Gasteiger partial charge in [0.1, 0.15) is 11.2 Å². The number of furan rings is 1. The van der Waals surface area contributed by atoms with Crippen LogP contribution < -0.4 is 0 Å². The zero-order valence-electron chi connectivity index (χ0n) is 26.3. The molecular formula is C45H27N3O. The smallest absolute Gasteiger partial charge is 0.164 e. The molecule has 0 aliphatic rings. The van der Waals surface area contributed by atoms with E-state index in [-0.39, 0.29) is 0 Å². The second kappa shape index (κ2) is 11.0. The van der Waals surface area contributed by atoms with Crippen LogP contribution in [0.3, 0.4) is 0 Å². The van der Waals surface area contributed by atoms with Crippen LogP contribution in [0.2, 0.25) is 0 Å². The summed E-state index contributed by atoms with van der Waals surface area (Å²) in [6.45, 7) is 0. The van der Waals surface area contributed by atoms with Gasteiger partial charge in [0.25, 0.3) is 0 Å². The van der Waals surface area contributed by atoms with Crippen LogP contribution in [-0.4, -0.2) is 15.0 Å². The van der Waals surface area contributed by atoms with Crippen molar-refractivity contribution in [1.82, 2.24) is 15.0 Å². The maximum atomic E-state index is 6.13. The third-order valence-corrected chi connectivity index (χ3v) is 9.50. The van der Waals surface area contributed by atoms with Crippen LogP contribution in [0.4, 0.5) is 0 Å². The van der Waals surface area contributed by atoms with E-state index >= 15 is 0 Å². The van der Waals surface area contributed by atoms with Gasteiger partial charge in [0, 0.05) is 27.5 Å². The summed E-state index contributed by atoms with van der Waals surface area (Å²) >= 11 is 0. The van der Waals surface area contributed by atoms with Crippen molar-refractivity contribution in [3.05, 3.63) is 164 Å². The zero-order chi connectivity index (χ0) is 32.3. The highest BCUT2D eigenvalue weighted by Gasteiger charge is 2.16. The lowest BCUT2D eigenvalue weighted by Crippen LogP contribution is -2.00. The molecule has 0 fully saturated rings. The predicted octanol–water partition coefficient (Wildman–Crippen LogP) is 11.9. The van der Waals surface area contributed by atoms with Crippen LogP contribution in [0.1, 0.15) is 0 Å². The van der Waals surface area contributed by atoms with E-state index in [9.17, 15) is 0 Å². The zero-order valence-corrected chi connectivity index (χ0v) is 26.3. The van der Waals surface area contributed by atoms with Gasteiger partial charge < -0.3 is 4.42 Å². The topological polar surface area (TPSA) is 51.8 Å². The second-order valence-electron chi connectivity index (χ2n) is 12.4. The number of aromatic nitrogens is 3. The molecule has 10 aromatic rings. The minimum Gasteiger partial charge on any atom is -0.456 e. The fourth-order valence-corrected chi connectivity index (χ4v) is 7.06. The van der Waals surface area contributed by atoms with Crippen LogP contribution >= 0.6 is 0 Å². The van der Waals surface area contributed by atoms with Crippen LogP contribution in [0.5, 0.6) is 0 Å². The maximum absolute atomic E-state index is 6.13. The Morgan fingerprint density at radius 3 is 1.65 bits per heavy atom. The monoisotopic (exact) mass is 625 g/mol. The number of para-hydroxylation sites is 1. The van der Waals surface area contributed by atoms with Crippen molar-refractivity contribution in [2.24, 2.45) is 0 Å². The largest absolute Gasteiger partial charge is 0.456 e. The minimum atomic E-state index is 0.613. The highest BCUT2D eigenvalue weighted by molar-refractivity contribution is 6.17. The van der Waals surface area contributed by atoms with E-state index in [0.29, 0.717) is 17.5 Å². The fraction of sp³-hybridized carbons (Fsp3) is 0. The summed E-state index contributed by atoms with van der Waals surface area (Å²) < 4.78 is 6.13. The number of rotatable bonds is 4. The van der Waals surface area contributed by atoms with Gasteiger partial charge in [-0.15, -0.1) is 0 Å². The minimum absolute atomic E-state index is 0.613. The van der Waals surface area contributed by atoms with E-state index < -0.39 is 0 Å². The highest BCUT2D eigenvalue weighted by Crippen LogP contribution is 2.36. The number of hydrogen-bond acceptors (Lipinski definition) is 4. The molecule has 0 radical (unpaired) electrons. The van der Waals surface area contributed by atoms with Crippen LogP contribution in [0.15, 0.2) is 168 Å². The van der Waals surface area contributed by atoms with E-state index in [4.69, 9.17) is 19.4 Å². The number of hydrogen-bond donors (Lipinski definition) is 0. The predicted molar refractivity (Wildman–Crippen MR) is 201 cm³/mol. The molecule has 2 heterocycles. The van der Waals surface area contributed by atoms with Gasteiger partial charge in [0.05, 0.1) is 0 Å². The molecule has 0 spiro atoms. The Morgan fingerprint density at radius 2 is 0.837 bits per heavy atom. The normalized spacial score (nSPS) is 11.7. The molecule has 0 N–H and O–H groups in total. The molecule has 10 rings (SSSR count). The van der Waals surface area contributed by atoms with E-state index in [1.54, 1.807) is 0 Å². The number of fused-ring (bicyclic) bond motifs is 8. The van der Waals surface area contributed by atoms with Crippen LogP contribution in [0, 0.1) is 0 Å². The van der Waals surface area contributed by atoms with Gasteiger partial charge >= 0.3 is 0 Å². The van der Waals surface area contributed by atoms with Gasteiger partial charge in [-0.05, 0) is 79.8 Å². The Bertz CT molecular complexity index is 2890. The Balaban J connectivity index is 1.16.